The van der Waals surface area contributed by atoms with Crippen LogP contribution in [0.15, 0.2) is 0 Å². The standard InChI is InChI=1S/C15H34N2O2S/c1-5-7-8-10-15(3,4)14-17-20(18,19)13-9-12-16-11-6-2/h16-17H,5-14H2,1-4H3. The van der Waals surface area contributed by atoms with Crippen molar-refractivity contribution in [1.82, 2.24) is 10.0 Å². The second kappa shape index (κ2) is 10.6. The molecule has 5 heteroatoms. The predicted octanol–water partition coefficient (Wildman–Crippen LogP) is 2.90. The summed E-state index contributed by atoms with van der Waals surface area (Å²) in [6.07, 6.45) is 6.42. The van der Waals surface area contributed by atoms with Crippen LogP contribution in [0.25, 0.3) is 0 Å². The van der Waals surface area contributed by atoms with E-state index < -0.39 is 10.0 Å². The molecule has 0 aliphatic carbocycles. The van der Waals surface area contributed by atoms with Crippen molar-refractivity contribution < 1.29 is 8.42 Å². The van der Waals surface area contributed by atoms with Crippen molar-refractivity contribution in [2.45, 2.75) is 66.2 Å². The molecule has 0 saturated heterocycles. The fourth-order valence-electron chi connectivity index (χ4n) is 2.01. The minimum Gasteiger partial charge on any atom is -0.317 e. The van der Waals surface area contributed by atoms with Crippen LogP contribution in [-0.4, -0.2) is 33.8 Å². The smallest absolute Gasteiger partial charge is 0.211 e. The molecule has 20 heavy (non-hydrogen) atoms. The van der Waals surface area contributed by atoms with Crippen LogP contribution in [-0.2, 0) is 10.0 Å². The minimum atomic E-state index is -3.12. The van der Waals surface area contributed by atoms with E-state index in [0.29, 0.717) is 13.0 Å². The van der Waals surface area contributed by atoms with Gasteiger partial charge in [-0.05, 0) is 37.8 Å². The van der Waals surface area contributed by atoms with Crippen LogP contribution in [0.4, 0.5) is 0 Å². The van der Waals surface area contributed by atoms with Crippen LogP contribution in [0.3, 0.4) is 0 Å². The monoisotopic (exact) mass is 306 g/mol. The Kier molecular flexibility index (Phi) is 10.5. The van der Waals surface area contributed by atoms with E-state index in [4.69, 9.17) is 0 Å². The second-order valence-electron chi connectivity index (χ2n) is 6.36. The maximum atomic E-state index is 11.9. The van der Waals surface area contributed by atoms with Gasteiger partial charge in [0.25, 0.3) is 0 Å². The van der Waals surface area contributed by atoms with Gasteiger partial charge in [-0.3, -0.25) is 0 Å². The van der Waals surface area contributed by atoms with Crippen LogP contribution >= 0.6 is 0 Å². The average molecular weight is 307 g/mol. The Balaban J connectivity index is 3.89. The maximum absolute atomic E-state index is 11.9. The zero-order chi connectivity index (χ0) is 15.5. The van der Waals surface area contributed by atoms with Crippen LogP contribution in [0, 0.1) is 5.41 Å². The maximum Gasteiger partial charge on any atom is 0.211 e. The first-order valence-electron chi connectivity index (χ1n) is 8.01. The minimum absolute atomic E-state index is 0.0443. The highest BCUT2D eigenvalue weighted by Gasteiger charge is 2.20. The van der Waals surface area contributed by atoms with Gasteiger partial charge in [0.15, 0.2) is 0 Å². The lowest BCUT2D eigenvalue weighted by Crippen LogP contribution is -2.36. The molecule has 0 unspecified atom stereocenters. The molecule has 0 fully saturated rings. The molecular formula is C15H34N2O2S. The number of nitrogens with one attached hydrogen (secondary N) is 2. The molecule has 0 amide bonds. The summed E-state index contributed by atoms with van der Waals surface area (Å²) < 4.78 is 26.6. The normalized spacial score (nSPS) is 12.8. The largest absolute Gasteiger partial charge is 0.317 e. The van der Waals surface area contributed by atoms with Crippen molar-refractivity contribution in [2.75, 3.05) is 25.4 Å². The van der Waals surface area contributed by atoms with E-state index in [0.717, 1.165) is 25.9 Å². The summed E-state index contributed by atoms with van der Waals surface area (Å²) in [5.41, 5.74) is 0.0443. The van der Waals surface area contributed by atoms with E-state index in [1.54, 1.807) is 0 Å². The Morgan fingerprint density at radius 3 is 2.25 bits per heavy atom. The summed E-state index contributed by atoms with van der Waals surface area (Å²) in [5.74, 6) is 0.217. The van der Waals surface area contributed by atoms with E-state index >= 15 is 0 Å². The molecule has 0 spiro atoms. The molecule has 0 aliphatic heterocycles. The van der Waals surface area contributed by atoms with Crippen molar-refractivity contribution in [3.05, 3.63) is 0 Å². The number of rotatable bonds is 13. The van der Waals surface area contributed by atoms with Gasteiger partial charge in [0, 0.05) is 6.54 Å². The number of sulfonamides is 1. The lowest BCUT2D eigenvalue weighted by atomic mass is 9.87. The number of hydrogen-bond donors (Lipinski definition) is 2. The first-order chi connectivity index (χ1) is 9.33. The molecule has 0 bridgehead atoms. The quantitative estimate of drug-likeness (QED) is 0.514. The van der Waals surface area contributed by atoms with Gasteiger partial charge in [0.05, 0.1) is 5.75 Å². The SMILES string of the molecule is CCCCCC(C)(C)CNS(=O)(=O)CCCNCCC. The van der Waals surface area contributed by atoms with Crippen molar-refractivity contribution in [1.29, 1.82) is 0 Å². The first kappa shape index (κ1) is 19.9. The molecule has 0 heterocycles. The van der Waals surface area contributed by atoms with E-state index in [9.17, 15) is 8.42 Å². The molecule has 0 radical (unpaired) electrons. The van der Waals surface area contributed by atoms with Gasteiger partial charge in [0.2, 0.25) is 10.0 Å². The molecule has 0 atom stereocenters. The highest BCUT2D eigenvalue weighted by molar-refractivity contribution is 7.89. The summed E-state index contributed by atoms with van der Waals surface area (Å²) in [4.78, 5) is 0. The van der Waals surface area contributed by atoms with Crippen molar-refractivity contribution in [3.8, 4) is 0 Å². The third kappa shape index (κ3) is 11.7. The lowest BCUT2D eigenvalue weighted by molar-refractivity contribution is 0.320. The predicted molar refractivity (Wildman–Crippen MR) is 87.5 cm³/mol. The Morgan fingerprint density at radius 2 is 1.65 bits per heavy atom. The highest BCUT2D eigenvalue weighted by atomic mass is 32.2. The van der Waals surface area contributed by atoms with Gasteiger partial charge in [-0.15, -0.1) is 0 Å². The first-order valence-corrected chi connectivity index (χ1v) is 9.66. The van der Waals surface area contributed by atoms with Crippen LogP contribution < -0.4 is 10.0 Å². The Labute approximate surface area is 126 Å². The number of hydrogen-bond acceptors (Lipinski definition) is 3. The molecule has 0 aromatic carbocycles. The third-order valence-corrected chi connectivity index (χ3v) is 4.83. The van der Waals surface area contributed by atoms with Crippen LogP contribution in [0.2, 0.25) is 0 Å². The van der Waals surface area contributed by atoms with Gasteiger partial charge < -0.3 is 5.32 Å². The second-order valence-corrected chi connectivity index (χ2v) is 8.29. The summed E-state index contributed by atoms with van der Waals surface area (Å²) in [7, 11) is -3.12. The molecule has 0 saturated carbocycles. The molecule has 0 rings (SSSR count). The van der Waals surface area contributed by atoms with Gasteiger partial charge in [-0.2, -0.15) is 0 Å². The molecule has 4 nitrogen and oxygen atoms in total. The zero-order valence-corrected chi connectivity index (χ0v) is 14.6. The topological polar surface area (TPSA) is 58.2 Å². The molecule has 122 valence electrons. The Morgan fingerprint density at radius 1 is 0.950 bits per heavy atom. The van der Waals surface area contributed by atoms with E-state index in [1.807, 2.05) is 0 Å². The van der Waals surface area contributed by atoms with E-state index in [-0.39, 0.29) is 11.2 Å². The number of unbranched alkanes of at least 4 members (excludes halogenated alkanes) is 2. The molecular weight excluding hydrogens is 272 g/mol. The van der Waals surface area contributed by atoms with Crippen LogP contribution in [0.5, 0.6) is 0 Å². The lowest BCUT2D eigenvalue weighted by Gasteiger charge is -2.24. The summed E-state index contributed by atoms with van der Waals surface area (Å²) in [6.45, 7) is 10.8. The molecule has 0 aromatic heterocycles. The Bertz CT molecular complexity index is 327. The highest BCUT2D eigenvalue weighted by Crippen LogP contribution is 2.22. The Hall–Kier alpha value is -0.130. The molecule has 0 aromatic rings. The van der Waals surface area contributed by atoms with Gasteiger partial charge in [-0.25, -0.2) is 13.1 Å². The van der Waals surface area contributed by atoms with Crippen molar-refractivity contribution >= 4 is 10.0 Å². The molecule has 0 aliphatic rings. The van der Waals surface area contributed by atoms with Gasteiger partial charge in [0.1, 0.15) is 0 Å². The summed E-state index contributed by atoms with van der Waals surface area (Å²) in [5, 5.41) is 3.22. The summed E-state index contributed by atoms with van der Waals surface area (Å²) in [6, 6.07) is 0. The van der Waals surface area contributed by atoms with E-state index in [1.165, 1.54) is 19.3 Å². The fraction of sp³-hybridized carbons (Fsp3) is 1.00. The fourth-order valence-corrected chi connectivity index (χ4v) is 3.29. The van der Waals surface area contributed by atoms with E-state index in [2.05, 4.69) is 37.7 Å². The average Bonchev–Trinajstić information content (AvgIpc) is 2.37. The van der Waals surface area contributed by atoms with Crippen LogP contribution in [0.1, 0.15) is 66.2 Å². The van der Waals surface area contributed by atoms with Gasteiger partial charge in [-0.1, -0.05) is 47.0 Å². The van der Waals surface area contributed by atoms with Crippen molar-refractivity contribution in [3.63, 3.8) is 0 Å². The summed E-state index contributed by atoms with van der Waals surface area (Å²) >= 11 is 0. The van der Waals surface area contributed by atoms with Gasteiger partial charge >= 0.3 is 0 Å². The van der Waals surface area contributed by atoms with Crippen molar-refractivity contribution in [2.24, 2.45) is 5.41 Å². The zero-order valence-electron chi connectivity index (χ0n) is 13.8. The molecule has 2 N–H and O–H groups in total. The third-order valence-electron chi connectivity index (χ3n) is 3.42.